The number of imidazole rings is 1. The molecule has 0 aliphatic rings. The van der Waals surface area contributed by atoms with Crippen LogP contribution in [0.1, 0.15) is 23.7 Å². The number of ether oxygens (including phenoxy) is 2. The van der Waals surface area contributed by atoms with Crippen LogP contribution in [0.2, 0.25) is 0 Å². The summed E-state index contributed by atoms with van der Waals surface area (Å²) in [5, 5.41) is 6.04. The molecule has 0 bridgehead atoms. The lowest BCUT2D eigenvalue weighted by atomic mass is 9.92. The lowest BCUT2D eigenvalue weighted by Crippen LogP contribution is -2.65. The highest BCUT2D eigenvalue weighted by Crippen LogP contribution is 2.20. The molecule has 41 heavy (non-hydrogen) atoms. The van der Waals surface area contributed by atoms with Gasteiger partial charge in [0.2, 0.25) is 5.91 Å². The Balaban J connectivity index is 1.61. The largest absolute Gasteiger partial charge is 0.467 e. The third-order valence-electron chi connectivity index (χ3n) is 6.64. The van der Waals surface area contributed by atoms with Crippen LogP contribution < -0.4 is 16.4 Å². The Hall–Kier alpha value is -4.97. The van der Waals surface area contributed by atoms with Gasteiger partial charge in [0, 0.05) is 41.8 Å². The highest BCUT2D eigenvalue weighted by molar-refractivity contribution is 6.08. The van der Waals surface area contributed by atoms with Crippen LogP contribution in [0.5, 0.6) is 0 Å². The molecule has 0 unspecified atom stereocenters. The standard InChI is InChI=1S/C29H32N6O6/c1-18(26(37)40-2)34-25(36)24(12-20-14-32-23-11-7-6-10-22(20)23)35-27(38)29(30,13-21-15-31-17-33-21)28(39)41-16-19-8-4-3-5-9-19/h3-11,14-15,17-18,24,32H,12-13,16,30H2,1-2H3,(H,31,33)(H,34,36)(H,35,38)/t18-,24+,29-/m0/s1. The van der Waals surface area contributed by atoms with E-state index in [-0.39, 0.29) is 19.4 Å². The average molecular weight is 561 g/mol. The molecule has 12 heteroatoms. The fourth-order valence-electron chi connectivity index (χ4n) is 4.35. The molecule has 0 saturated heterocycles. The van der Waals surface area contributed by atoms with E-state index in [2.05, 4.69) is 25.6 Å². The maximum Gasteiger partial charge on any atom is 0.336 e. The molecule has 214 valence electrons. The van der Waals surface area contributed by atoms with Gasteiger partial charge in [0.1, 0.15) is 18.7 Å². The van der Waals surface area contributed by atoms with Crippen LogP contribution in [-0.2, 0) is 48.1 Å². The topological polar surface area (TPSA) is 181 Å². The second-order valence-corrected chi connectivity index (χ2v) is 9.63. The van der Waals surface area contributed by atoms with Crippen LogP contribution in [0.4, 0.5) is 0 Å². The van der Waals surface area contributed by atoms with Gasteiger partial charge >= 0.3 is 11.9 Å². The van der Waals surface area contributed by atoms with Crippen molar-refractivity contribution >= 4 is 34.7 Å². The molecule has 0 aliphatic heterocycles. The van der Waals surface area contributed by atoms with Gasteiger partial charge in [-0.15, -0.1) is 0 Å². The number of aromatic nitrogens is 3. The summed E-state index contributed by atoms with van der Waals surface area (Å²) in [5.74, 6) is -3.24. The molecule has 2 aromatic heterocycles. The Kier molecular flexibility index (Phi) is 9.15. The molecule has 0 radical (unpaired) electrons. The first-order valence-electron chi connectivity index (χ1n) is 12.9. The molecule has 3 atom stereocenters. The van der Waals surface area contributed by atoms with E-state index in [0.29, 0.717) is 11.3 Å². The van der Waals surface area contributed by atoms with E-state index in [9.17, 15) is 19.2 Å². The van der Waals surface area contributed by atoms with Crippen molar-refractivity contribution in [3.05, 3.63) is 90.1 Å². The van der Waals surface area contributed by atoms with Gasteiger partial charge in [-0.25, -0.2) is 14.6 Å². The smallest absolute Gasteiger partial charge is 0.336 e. The molecular formula is C29H32N6O6. The van der Waals surface area contributed by atoms with Gasteiger partial charge in [-0.3, -0.25) is 9.59 Å². The lowest BCUT2D eigenvalue weighted by molar-refractivity contribution is -0.156. The quantitative estimate of drug-likeness (QED) is 0.127. The van der Waals surface area contributed by atoms with Gasteiger partial charge in [0.15, 0.2) is 5.54 Å². The zero-order valence-electron chi connectivity index (χ0n) is 22.7. The number of para-hydroxylation sites is 1. The summed E-state index contributed by atoms with van der Waals surface area (Å²) < 4.78 is 10.2. The monoisotopic (exact) mass is 560 g/mol. The number of carbonyl (C=O) groups excluding carboxylic acids is 4. The van der Waals surface area contributed by atoms with E-state index in [0.717, 1.165) is 16.5 Å². The predicted octanol–water partition coefficient (Wildman–Crippen LogP) is 1.28. The Morgan fingerprint density at radius 3 is 2.46 bits per heavy atom. The van der Waals surface area contributed by atoms with Crippen LogP contribution in [0.3, 0.4) is 0 Å². The van der Waals surface area contributed by atoms with E-state index in [1.807, 2.05) is 30.3 Å². The molecule has 6 N–H and O–H groups in total. The number of esters is 2. The number of nitrogens with two attached hydrogens (primary N) is 1. The van der Waals surface area contributed by atoms with Gasteiger partial charge in [0.05, 0.1) is 13.4 Å². The molecular weight excluding hydrogens is 528 g/mol. The van der Waals surface area contributed by atoms with Gasteiger partial charge < -0.3 is 35.8 Å². The molecule has 2 aromatic carbocycles. The van der Waals surface area contributed by atoms with Crippen molar-refractivity contribution in [1.82, 2.24) is 25.6 Å². The van der Waals surface area contributed by atoms with Crippen LogP contribution in [0, 0.1) is 0 Å². The van der Waals surface area contributed by atoms with Gasteiger partial charge in [-0.05, 0) is 24.1 Å². The highest BCUT2D eigenvalue weighted by atomic mass is 16.5. The third-order valence-corrected chi connectivity index (χ3v) is 6.64. The molecule has 0 spiro atoms. The molecule has 2 heterocycles. The number of nitrogens with one attached hydrogen (secondary N) is 4. The fourth-order valence-corrected chi connectivity index (χ4v) is 4.35. The summed E-state index contributed by atoms with van der Waals surface area (Å²) in [4.78, 5) is 62.4. The van der Waals surface area contributed by atoms with Gasteiger partial charge in [0.25, 0.3) is 5.91 Å². The van der Waals surface area contributed by atoms with Crippen LogP contribution in [-0.4, -0.2) is 63.4 Å². The number of fused-ring (bicyclic) bond motifs is 1. The zero-order chi connectivity index (χ0) is 29.4. The summed E-state index contributed by atoms with van der Waals surface area (Å²) in [6.45, 7) is 1.35. The molecule has 0 aliphatic carbocycles. The van der Waals surface area contributed by atoms with Gasteiger partial charge in [-0.1, -0.05) is 48.5 Å². The lowest BCUT2D eigenvalue weighted by Gasteiger charge is -2.28. The number of amides is 2. The molecule has 4 aromatic rings. The summed E-state index contributed by atoms with van der Waals surface area (Å²) >= 11 is 0. The number of H-pyrrole nitrogens is 2. The molecule has 12 nitrogen and oxygen atoms in total. The minimum atomic E-state index is -2.21. The van der Waals surface area contributed by atoms with Crippen molar-refractivity contribution in [2.24, 2.45) is 5.73 Å². The maximum atomic E-state index is 13.8. The SMILES string of the molecule is COC(=O)[C@H](C)NC(=O)[C@@H](Cc1c[nH]c2ccccc12)NC(=O)[C@@](N)(Cc1cnc[nH]1)C(=O)OCc1ccccc1. The second kappa shape index (κ2) is 12.9. The van der Waals surface area contributed by atoms with E-state index < -0.39 is 41.4 Å². The zero-order valence-corrected chi connectivity index (χ0v) is 22.7. The van der Waals surface area contributed by atoms with Crippen molar-refractivity contribution < 1.29 is 28.7 Å². The van der Waals surface area contributed by atoms with E-state index in [4.69, 9.17) is 15.2 Å². The normalized spacial score (nSPS) is 13.9. The van der Waals surface area contributed by atoms with Gasteiger partial charge in [-0.2, -0.15) is 0 Å². The van der Waals surface area contributed by atoms with Crippen molar-refractivity contribution in [2.75, 3.05) is 7.11 Å². The minimum absolute atomic E-state index is 0.0364. The number of methoxy groups -OCH3 is 1. The van der Waals surface area contributed by atoms with Crippen LogP contribution in [0.25, 0.3) is 10.9 Å². The van der Waals surface area contributed by atoms with Crippen molar-refractivity contribution in [2.45, 2.75) is 44.0 Å². The van der Waals surface area contributed by atoms with Crippen LogP contribution in [0.15, 0.2) is 73.3 Å². The molecule has 0 fully saturated rings. The van der Waals surface area contributed by atoms with Crippen molar-refractivity contribution in [3.8, 4) is 0 Å². The van der Waals surface area contributed by atoms with E-state index >= 15 is 0 Å². The number of nitrogens with zero attached hydrogens (tertiary/aromatic N) is 1. The summed E-state index contributed by atoms with van der Waals surface area (Å²) in [7, 11) is 1.20. The maximum absolute atomic E-state index is 13.8. The minimum Gasteiger partial charge on any atom is -0.467 e. The number of aromatic amines is 2. The number of rotatable bonds is 12. The Morgan fingerprint density at radius 1 is 1.02 bits per heavy atom. The van der Waals surface area contributed by atoms with Crippen molar-refractivity contribution in [3.63, 3.8) is 0 Å². The number of hydrogen-bond donors (Lipinski definition) is 5. The third kappa shape index (κ3) is 6.97. The number of carbonyl (C=O) groups is 4. The molecule has 0 saturated carbocycles. The number of hydrogen-bond acceptors (Lipinski definition) is 8. The van der Waals surface area contributed by atoms with E-state index in [1.54, 1.807) is 30.5 Å². The summed E-state index contributed by atoms with van der Waals surface area (Å²) in [6.07, 6.45) is 4.33. The first kappa shape index (κ1) is 29.0. The Morgan fingerprint density at radius 2 is 1.76 bits per heavy atom. The highest BCUT2D eigenvalue weighted by Gasteiger charge is 2.46. The summed E-state index contributed by atoms with van der Waals surface area (Å²) in [5.41, 5.74) is 6.96. The fraction of sp³-hybridized carbons (Fsp3) is 0.276. The predicted molar refractivity (Wildman–Crippen MR) is 149 cm³/mol. The van der Waals surface area contributed by atoms with Crippen molar-refractivity contribution in [1.29, 1.82) is 0 Å². The summed E-state index contributed by atoms with van der Waals surface area (Å²) in [6, 6.07) is 14.2. The first-order valence-corrected chi connectivity index (χ1v) is 12.9. The van der Waals surface area contributed by atoms with Crippen LogP contribution >= 0.6 is 0 Å². The Labute approximate surface area is 236 Å². The Bertz CT molecular complexity index is 1500. The number of benzene rings is 2. The first-order chi connectivity index (χ1) is 19.7. The second-order valence-electron chi connectivity index (χ2n) is 9.63. The molecule has 4 rings (SSSR count). The average Bonchev–Trinajstić information content (AvgIpc) is 3.65. The molecule has 2 amide bonds. The van der Waals surface area contributed by atoms with E-state index in [1.165, 1.54) is 26.6 Å².